The van der Waals surface area contributed by atoms with E-state index < -0.39 is 11.7 Å². The first-order valence-electron chi connectivity index (χ1n) is 5.13. The molecule has 1 aromatic rings. The third-order valence-corrected chi connectivity index (χ3v) is 2.09. The molecule has 1 aromatic carbocycles. The zero-order valence-electron chi connectivity index (χ0n) is 8.89. The van der Waals surface area contributed by atoms with Gasteiger partial charge in [-0.3, -0.25) is 0 Å². The maximum absolute atomic E-state index is 12.2. The maximum atomic E-state index is 12.2. The summed E-state index contributed by atoms with van der Waals surface area (Å²) in [5.41, 5.74) is -0.655. The summed E-state index contributed by atoms with van der Waals surface area (Å²) in [4.78, 5) is 0. The number of benzene rings is 1. The zero-order valence-corrected chi connectivity index (χ0v) is 8.89. The topological polar surface area (TPSA) is 9.23 Å². The van der Waals surface area contributed by atoms with Gasteiger partial charge in [-0.2, -0.15) is 13.2 Å². The second kappa shape index (κ2) is 5.77. The summed E-state index contributed by atoms with van der Waals surface area (Å²) in [7, 11) is 0. The van der Waals surface area contributed by atoms with E-state index in [0.717, 1.165) is 31.4 Å². The molecule has 16 heavy (non-hydrogen) atoms. The van der Waals surface area contributed by atoms with E-state index in [-0.39, 0.29) is 0 Å². The van der Waals surface area contributed by atoms with Gasteiger partial charge in [0.2, 0.25) is 0 Å². The first kappa shape index (κ1) is 12.9. The predicted octanol–water partition coefficient (Wildman–Crippen LogP) is 4.09. The number of ether oxygens (including phenoxy) is 1. The number of hydrogen-bond donors (Lipinski definition) is 0. The molecule has 1 rings (SSSR count). The Labute approximate surface area is 93.2 Å². The SMILES string of the molecule is [CH2]CCCCOc1ccc(C(F)(F)F)cc1. The normalized spacial score (nSPS) is 11.5. The molecule has 4 heteroatoms. The third kappa shape index (κ3) is 4.13. The van der Waals surface area contributed by atoms with Crippen molar-refractivity contribution in [3.63, 3.8) is 0 Å². The van der Waals surface area contributed by atoms with E-state index in [2.05, 4.69) is 6.92 Å². The van der Waals surface area contributed by atoms with E-state index in [9.17, 15) is 13.2 Å². The highest BCUT2D eigenvalue weighted by molar-refractivity contribution is 5.28. The smallest absolute Gasteiger partial charge is 0.416 e. The number of halogens is 3. The van der Waals surface area contributed by atoms with Crippen LogP contribution in [0.5, 0.6) is 5.75 Å². The molecule has 0 atom stereocenters. The lowest BCUT2D eigenvalue weighted by Crippen LogP contribution is -2.04. The van der Waals surface area contributed by atoms with Crippen LogP contribution < -0.4 is 4.74 Å². The van der Waals surface area contributed by atoms with Crippen LogP contribution in [0.4, 0.5) is 13.2 Å². The van der Waals surface area contributed by atoms with Crippen molar-refractivity contribution in [1.29, 1.82) is 0 Å². The lowest BCUT2D eigenvalue weighted by molar-refractivity contribution is -0.137. The fraction of sp³-hybridized carbons (Fsp3) is 0.417. The van der Waals surface area contributed by atoms with Gasteiger partial charge in [-0.05, 0) is 30.7 Å². The van der Waals surface area contributed by atoms with Gasteiger partial charge in [-0.1, -0.05) is 19.8 Å². The molecule has 0 bridgehead atoms. The van der Waals surface area contributed by atoms with E-state index in [1.54, 1.807) is 0 Å². The van der Waals surface area contributed by atoms with Gasteiger partial charge in [0.25, 0.3) is 0 Å². The first-order valence-corrected chi connectivity index (χ1v) is 5.13. The van der Waals surface area contributed by atoms with E-state index in [1.165, 1.54) is 12.1 Å². The van der Waals surface area contributed by atoms with Gasteiger partial charge in [-0.25, -0.2) is 0 Å². The van der Waals surface area contributed by atoms with Crippen LogP contribution in [-0.4, -0.2) is 6.61 Å². The van der Waals surface area contributed by atoms with Crippen LogP contribution in [0.3, 0.4) is 0 Å². The van der Waals surface area contributed by atoms with Crippen LogP contribution in [0.25, 0.3) is 0 Å². The van der Waals surface area contributed by atoms with Gasteiger partial charge in [0.15, 0.2) is 0 Å². The molecular weight excluding hydrogens is 217 g/mol. The highest BCUT2D eigenvalue weighted by atomic mass is 19.4. The van der Waals surface area contributed by atoms with Gasteiger partial charge in [0, 0.05) is 0 Å². The van der Waals surface area contributed by atoms with Gasteiger partial charge >= 0.3 is 6.18 Å². The summed E-state index contributed by atoms with van der Waals surface area (Å²) in [6.45, 7) is 4.20. The lowest BCUT2D eigenvalue weighted by Gasteiger charge is -2.08. The second-order valence-corrected chi connectivity index (χ2v) is 3.43. The number of alkyl halides is 3. The molecule has 0 heterocycles. The van der Waals surface area contributed by atoms with Gasteiger partial charge in [-0.15, -0.1) is 0 Å². The van der Waals surface area contributed by atoms with E-state index in [4.69, 9.17) is 4.74 Å². The molecule has 1 radical (unpaired) electrons. The van der Waals surface area contributed by atoms with Crippen LogP contribution >= 0.6 is 0 Å². The molecular formula is C12H14F3O. The molecule has 0 unspecified atom stereocenters. The van der Waals surface area contributed by atoms with E-state index in [0.29, 0.717) is 12.4 Å². The maximum Gasteiger partial charge on any atom is 0.416 e. The Balaban J connectivity index is 2.46. The van der Waals surface area contributed by atoms with Crippen molar-refractivity contribution in [2.24, 2.45) is 0 Å². The quantitative estimate of drug-likeness (QED) is 0.693. The van der Waals surface area contributed by atoms with Crippen molar-refractivity contribution >= 4 is 0 Å². The number of hydrogen-bond acceptors (Lipinski definition) is 1. The Morgan fingerprint density at radius 2 is 1.69 bits per heavy atom. The Hall–Kier alpha value is -1.19. The van der Waals surface area contributed by atoms with Gasteiger partial charge in [0.1, 0.15) is 5.75 Å². The number of rotatable bonds is 5. The largest absolute Gasteiger partial charge is 0.494 e. The fourth-order valence-corrected chi connectivity index (χ4v) is 1.21. The fourth-order valence-electron chi connectivity index (χ4n) is 1.21. The molecule has 0 N–H and O–H groups in total. The Kier molecular flexibility index (Phi) is 4.65. The van der Waals surface area contributed by atoms with Crippen molar-refractivity contribution in [3.05, 3.63) is 36.8 Å². The van der Waals surface area contributed by atoms with Crippen molar-refractivity contribution in [2.45, 2.75) is 25.4 Å². The third-order valence-electron chi connectivity index (χ3n) is 2.09. The van der Waals surface area contributed by atoms with Crippen molar-refractivity contribution in [1.82, 2.24) is 0 Å². The molecule has 0 saturated carbocycles. The van der Waals surface area contributed by atoms with E-state index in [1.807, 2.05) is 0 Å². The lowest BCUT2D eigenvalue weighted by atomic mass is 10.2. The Bertz CT molecular complexity index is 303. The van der Waals surface area contributed by atoms with Crippen molar-refractivity contribution in [3.8, 4) is 5.75 Å². The van der Waals surface area contributed by atoms with Crippen LogP contribution in [0, 0.1) is 6.92 Å². The summed E-state index contributed by atoms with van der Waals surface area (Å²) in [6.07, 6.45) is -1.62. The van der Waals surface area contributed by atoms with Crippen LogP contribution in [0.2, 0.25) is 0 Å². The molecule has 0 fully saturated rings. The Morgan fingerprint density at radius 1 is 1.06 bits per heavy atom. The minimum atomic E-state index is -4.29. The molecule has 89 valence electrons. The van der Waals surface area contributed by atoms with Crippen molar-refractivity contribution in [2.75, 3.05) is 6.61 Å². The summed E-state index contributed by atoms with van der Waals surface area (Å²) >= 11 is 0. The molecule has 0 aliphatic carbocycles. The van der Waals surface area contributed by atoms with Crippen molar-refractivity contribution < 1.29 is 17.9 Å². The molecule has 0 aliphatic heterocycles. The second-order valence-electron chi connectivity index (χ2n) is 3.43. The predicted molar refractivity (Wildman–Crippen MR) is 56.1 cm³/mol. The molecule has 0 aliphatic rings. The van der Waals surface area contributed by atoms with Crippen LogP contribution in [-0.2, 0) is 6.18 Å². The highest BCUT2D eigenvalue weighted by Crippen LogP contribution is 2.30. The standard InChI is InChI=1S/C12H14F3O/c1-2-3-4-9-16-11-7-5-10(6-8-11)12(13,14)15/h5-8H,1-4,9H2. The average molecular weight is 231 g/mol. The monoisotopic (exact) mass is 231 g/mol. The first-order chi connectivity index (χ1) is 7.54. The summed E-state index contributed by atoms with van der Waals surface area (Å²) < 4.78 is 42.0. The Morgan fingerprint density at radius 3 is 2.19 bits per heavy atom. The van der Waals surface area contributed by atoms with Gasteiger partial charge < -0.3 is 4.74 Å². The molecule has 0 amide bonds. The average Bonchev–Trinajstić information content (AvgIpc) is 2.24. The molecule has 0 saturated heterocycles. The summed E-state index contributed by atoms with van der Waals surface area (Å²) in [5, 5.41) is 0. The van der Waals surface area contributed by atoms with Gasteiger partial charge in [0.05, 0.1) is 12.2 Å². The van der Waals surface area contributed by atoms with Crippen LogP contribution in [0.15, 0.2) is 24.3 Å². The van der Waals surface area contributed by atoms with E-state index >= 15 is 0 Å². The molecule has 0 aromatic heterocycles. The summed E-state index contributed by atoms with van der Waals surface area (Å²) in [6, 6.07) is 4.73. The minimum Gasteiger partial charge on any atom is -0.494 e. The minimum absolute atomic E-state index is 0.470. The highest BCUT2D eigenvalue weighted by Gasteiger charge is 2.29. The molecule has 0 spiro atoms. The zero-order chi connectivity index (χ0) is 12.0. The molecule has 1 nitrogen and oxygen atoms in total. The number of unbranched alkanes of at least 4 members (excludes halogenated alkanes) is 2. The summed E-state index contributed by atoms with van der Waals surface area (Å²) in [5.74, 6) is 0.470. The van der Waals surface area contributed by atoms with Crippen LogP contribution in [0.1, 0.15) is 24.8 Å².